The van der Waals surface area contributed by atoms with E-state index in [0.717, 1.165) is 5.56 Å². The molecule has 2 heterocycles. The fraction of sp³-hybridized carbons (Fsp3) is 0.167. The number of furan rings is 1. The van der Waals surface area contributed by atoms with Crippen LogP contribution in [0.2, 0.25) is 0 Å². The first kappa shape index (κ1) is 25.7. The van der Waals surface area contributed by atoms with Crippen LogP contribution in [0.3, 0.4) is 0 Å². The van der Waals surface area contributed by atoms with Crippen LogP contribution in [0.25, 0.3) is 0 Å². The summed E-state index contributed by atoms with van der Waals surface area (Å²) in [6, 6.07) is 22.8. The Balaban J connectivity index is 1.28. The van der Waals surface area contributed by atoms with Crippen molar-refractivity contribution in [3.05, 3.63) is 113 Å². The molecule has 1 N–H and O–H groups in total. The number of carbonyl (C=O) groups is 3. The van der Waals surface area contributed by atoms with Gasteiger partial charge in [0.1, 0.15) is 23.1 Å². The molecule has 0 spiro atoms. The van der Waals surface area contributed by atoms with Crippen LogP contribution in [0, 0.1) is 5.82 Å². The van der Waals surface area contributed by atoms with Gasteiger partial charge in [0, 0.05) is 11.6 Å². The van der Waals surface area contributed by atoms with E-state index in [4.69, 9.17) is 13.9 Å². The highest BCUT2D eigenvalue weighted by molar-refractivity contribution is 6.02. The first-order chi connectivity index (χ1) is 18.9. The number of nitrogens with zero attached hydrogens (tertiary/aromatic N) is 1. The second-order valence-electron chi connectivity index (χ2n) is 8.99. The normalized spacial score (nSPS) is 13.3. The van der Waals surface area contributed by atoms with Crippen LogP contribution in [0.1, 0.15) is 45.2 Å². The quantitative estimate of drug-likeness (QED) is 0.304. The van der Waals surface area contributed by atoms with E-state index in [-0.39, 0.29) is 54.9 Å². The van der Waals surface area contributed by atoms with Crippen LogP contribution in [0.4, 0.5) is 10.1 Å². The molecule has 9 heteroatoms. The molecule has 5 rings (SSSR count). The van der Waals surface area contributed by atoms with Gasteiger partial charge in [-0.25, -0.2) is 4.39 Å². The molecule has 0 fully saturated rings. The Kier molecular flexibility index (Phi) is 7.40. The molecular weight excluding hydrogens is 503 g/mol. The Labute approximate surface area is 223 Å². The molecule has 0 aliphatic carbocycles. The van der Waals surface area contributed by atoms with Gasteiger partial charge in [-0.3, -0.25) is 19.3 Å². The molecule has 1 unspecified atom stereocenters. The number of ketones is 1. The average molecular weight is 529 g/mol. The summed E-state index contributed by atoms with van der Waals surface area (Å²) in [7, 11) is 0. The van der Waals surface area contributed by atoms with Gasteiger partial charge in [0.05, 0.1) is 18.3 Å². The van der Waals surface area contributed by atoms with Crippen molar-refractivity contribution in [2.45, 2.75) is 19.5 Å². The molecule has 1 aliphatic rings. The van der Waals surface area contributed by atoms with Crippen molar-refractivity contribution < 1.29 is 32.7 Å². The van der Waals surface area contributed by atoms with Crippen molar-refractivity contribution in [1.82, 2.24) is 5.32 Å². The fourth-order valence-electron chi connectivity index (χ4n) is 4.17. The molecule has 198 valence electrons. The van der Waals surface area contributed by atoms with Crippen molar-refractivity contribution in [2.24, 2.45) is 0 Å². The van der Waals surface area contributed by atoms with Crippen LogP contribution in [-0.4, -0.2) is 30.8 Å². The standard InChI is InChI=1S/C30H25FN2O6/c1-19(20-6-3-2-4-7-20)32-30(36)28-13-11-24(39-28)16-33-25-14-21(10-12-27(25)38-18-29(33)35)26(34)17-37-23-9-5-8-22(31)15-23/h2-15,19H,16-18H2,1H3,(H,32,36). The zero-order chi connectivity index (χ0) is 27.4. The van der Waals surface area contributed by atoms with Crippen molar-refractivity contribution in [1.29, 1.82) is 0 Å². The third-order valence-corrected chi connectivity index (χ3v) is 6.24. The minimum atomic E-state index is -0.468. The zero-order valence-electron chi connectivity index (χ0n) is 21.1. The summed E-state index contributed by atoms with van der Waals surface area (Å²) >= 11 is 0. The lowest BCUT2D eigenvalue weighted by Crippen LogP contribution is -2.38. The van der Waals surface area contributed by atoms with Crippen molar-refractivity contribution >= 4 is 23.3 Å². The van der Waals surface area contributed by atoms with E-state index in [9.17, 15) is 18.8 Å². The summed E-state index contributed by atoms with van der Waals surface area (Å²) in [5.41, 5.74) is 1.64. The molecule has 0 bridgehead atoms. The first-order valence-corrected chi connectivity index (χ1v) is 12.3. The number of anilines is 1. The van der Waals surface area contributed by atoms with Gasteiger partial charge in [-0.15, -0.1) is 0 Å². The summed E-state index contributed by atoms with van der Waals surface area (Å²) < 4.78 is 30.1. The summed E-state index contributed by atoms with van der Waals surface area (Å²) in [5, 5.41) is 2.90. The van der Waals surface area contributed by atoms with Crippen molar-refractivity contribution in [3.8, 4) is 11.5 Å². The number of halogens is 1. The Morgan fingerprint density at radius 3 is 2.64 bits per heavy atom. The Morgan fingerprint density at radius 2 is 1.85 bits per heavy atom. The largest absolute Gasteiger partial charge is 0.485 e. The van der Waals surface area contributed by atoms with Gasteiger partial charge in [0.2, 0.25) is 0 Å². The maximum Gasteiger partial charge on any atom is 0.287 e. The highest BCUT2D eigenvalue weighted by atomic mass is 19.1. The molecule has 4 aromatic rings. The topological polar surface area (TPSA) is 98.1 Å². The van der Waals surface area contributed by atoms with Crippen LogP contribution in [0.5, 0.6) is 11.5 Å². The van der Waals surface area contributed by atoms with Gasteiger partial charge in [-0.2, -0.15) is 0 Å². The number of fused-ring (bicyclic) bond motifs is 1. The number of ether oxygens (including phenoxy) is 2. The molecule has 1 aromatic heterocycles. The molecule has 3 aromatic carbocycles. The first-order valence-electron chi connectivity index (χ1n) is 12.3. The van der Waals surface area contributed by atoms with E-state index in [2.05, 4.69) is 5.32 Å². The predicted octanol–water partition coefficient (Wildman–Crippen LogP) is 5.10. The zero-order valence-corrected chi connectivity index (χ0v) is 21.1. The van der Waals surface area contributed by atoms with E-state index >= 15 is 0 Å². The second-order valence-corrected chi connectivity index (χ2v) is 8.99. The molecule has 1 atom stereocenters. The number of amides is 2. The van der Waals surface area contributed by atoms with Crippen molar-refractivity contribution in [2.75, 3.05) is 18.1 Å². The molecular formula is C30H25FN2O6. The van der Waals surface area contributed by atoms with Crippen LogP contribution < -0.4 is 19.7 Å². The smallest absolute Gasteiger partial charge is 0.287 e. The van der Waals surface area contributed by atoms with Crippen LogP contribution in [0.15, 0.2) is 89.3 Å². The molecule has 1 aliphatic heterocycles. The van der Waals surface area contributed by atoms with Crippen LogP contribution in [-0.2, 0) is 11.3 Å². The minimum absolute atomic E-state index is 0.0359. The van der Waals surface area contributed by atoms with E-state index < -0.39 is 5.82 Å². The Bertz CT molecular complexity index is 1520. The average Bonchev–Trinajstić information content (AvgIpc) is 3.42. The molecule has 8 nitrogen and oxygen atoms in total. The molecule has 2 amide bonds. The van der Waals surface area contributed by atoms with E-state index in [0.29, 0.717) is 22.8 Å². The van der Waals surface area contributed by atoms with Gasteiger partial charge in [0.25, 0.3) is 11.8 Å². The van der Waals surface area contributed by atoms with Gasteiger partial charge in [-0.05, 0) is 55.0 Å². The second kappa shape index (κ2) is 11.2. The van der Waals surface area contributed by atoms with Gasteiger partial charge >= 0.3 is 0 Å². The summed E-state index contributed by atoms with van der Waals surface area (Å²) in [5.74, 6) is -0.364. The SMILES string of the molecule is CC(NC(=O)c1ccc(CN2C(=O)COc3ccc(C(=O)COc4cccc(F)c4)cc32)o1)c1ccccc1. The maximum absolute atomic E-state index is 13.4. The number of benzene rings is 3. The third kappa shape index (κ3) is 5.98. The van der Waals surface area contributed by atoms with Gasteiger partial charge < -0.3 is 19.2 Å². The number of rotatable bonds is 9. The number of hydrogen-bond acceptors (Lipinski definition) is 6. The van der Waals surface area contributed by atoms with E-state index in [1.54, 1.807) is 36.4 Å². The van der Waals surface area contributed by atoms with Gasteiger partial charge in [-0.1, -0.05) is 36.4 Å². The van der Waals surface area contributed by atoms with Crippen molar-refractivity contribution in [3.63, 3.8) is 0 Å². The third-order valence-electron chi connectivity index (χ3n) is 6.24. The summed E-state index contributed by atoms with van der Waals surface area (Å²) in [6.45, 7) is 1.43. The highest BCUT2D eigenvalue weighted by Gasteiger charge is 2.28. The lowest BCUT2D eigenvalue weighted by Gasteiger charge is -2.29. The molecule has 0 radical (unpaired) electrons. The fourth-order valence-corrected chi connectivity index (χ4v) is 4.17. The number of Topliss-reactive ketones (excluding diaryl/α,β-unsaturated/α-hetero) is 1. The molecule has 39 heavy (non-hydrogen) atoms. The summed E-state index contributed by atoms with van der Waals surface area (Å²) in [4.78, 5) is 39.7. The van der Waals surface area contributed by atoms with E-state index in [1.165, 1.54) is 23.1 Å². The van der Waals surface area contributed by atoms with Crippen LogP contribution >= 0.6 is 0 Å². The molecule has 0 saturated heterocycles. The predicted molar refractivity (Wildman–Crippen MR) is 140 cm³/mol. The lowest BCUT2D eigenvalue weighted by molar-refractivity contribution is -0.121. The summed E-state index contributed by atoms with van der Waals surface area (Å²) in [6.07, 6.45) is 0. The Morgan fingerprint density at radius 1 is 1.03 bits per heavy atom. The van der Waals surface area contributed by atoms with E-state index in [1.807, 2.05) is 37.3 Å². The number of hydrogen-bond donors (Lipinski definition) is 1. The Hall–Kier alpha value is -4.92. The number of carbonyl (C=O) groups excluding carboxylic acids is 3. The van der Waals surface area contributed by atoms with Gasteiger partial charge in [0.15, 0.2) is 24.8 Å². The lowest BCUT2D eigenvalue weighted by atomic mass is 10.1. The monoisotopic (exact) mass is 528 g/mol. The highest BCUT2D eigenvalue weighted by Crippen LogP contribution is 2.34. The number of nitrogens with one attached hydrogen (secondary N) is 1. The minimum Gasteiger partial charge on any atom is -0.485 e. The maximum atomic E-state index is 13.4. The molecule has 0 saturated carbocycles.